The summed E-state index contributed by atoms with van der Waals surface area (Å²) in [5.41, 5.74) is 0. The smallest absolute Gasteiger partial charge is 0.306 e. The number of carbonyl (C=O) groups excluding carboxylic acids is 1. The first-order valence-corrected chi connectivity index (χ1v) is 6.66. The summed E-state index contributed by atoms with van der Waals surface area (Å²) in [7, 11) is 0. The molecule has 2 N–H and O–H groups in total. The lowest BCUT2D eigenvalue weighted by Gasteiger charge is -2.09. The summed E-state index contributed by atoms with van der Waals surface area (Å²) in [6.07, 6.45) is 0.402. The van der Waals surface area contributed by atoms with Crippen LogP contribution in [-0.4, -0.2) is 30.1 Å². The van der Waals surface area contributed by atoms with E-state index in [0.717, 1.165) is 4.47 Å². The van der Waals surface area contributed by atoms with Gasteiger partial charge in [0.1, 0.15) is 5.75 Å². The Labute approximate surface area is 120 Å². The average molecular weight is 330 g/mol. The average Bonchev–Trinajstić information content (AvgIpc) is 2.37. The van der Waals surface area contributed by atoms with Crippen LogP contribution in [0, 0.1) is 5.92 Å². The van der Waals surface area contributed by atoms with Crippen LogP contribution in [0.3, 0.4) is 0 Å². The molecular weight excluding hydrogens is 314 g/mol. The SMILES string of the molecule is CC(CCNC(=O)COc1ccc(Br)cc1)C(=O)O. The van der Waals surface area contributed by atoms with Crippen LogP contribution in [0.4, 0.5) is 0 Å². The van der Waals surface area contributed by atoms with Gasteiger partial charge in [-0.25, -0.2) is 0 Å². The van der Waals surface area contributed by atoms with Crippen molar-refractivity contribution in [2.45, 2.75) is 13.3 Å². The minimum absolute atomic E-state index is 0.0803. The predicted octanol–water partition coefficient (Wildman–Crippen LogP) is 2.05. The van der Waals surface area contributed by atoms with Crippen molar-refractivity contribution < 1.29 is 19.4 Å². The van der Waals surface area contributed by atoms with Gasteiger partial charge in [0, 0.05) is 11.0 Å². The molecule has 0 bridgehead atoms. The van der Waals surface area contributed by atoms with E-state index in [4.69, 9.17) is 9.84 Å². The molecule has 5 nitrogen and oxygen atoms in total. The molecule has 1 rings (SSSR count). The van der Waals surface area contributed by atoms with Gasteiger partial charge in [0.2, 0.25) is 0 Å². The molecule has 0 aromatic heterocycles. The number of carboxylic acids is 1. The maximum Gasteiger partial charge on any atom is 0.306 e. The lowest BCUT2D eigenvalue weighted by molar-refractivity contribution is -0.141. The molecule has 0 heterocycles. The van der Waals surface area contributed by atoms with E-state index in [0.29, 0.717) is 18.7 Å². The van der Waals surface area contributed by atoms with Crippen molar-refractivity contribution in [3.63, 3.8) is 0 Å². The zero-order valence-corrected chi connectivity index (χ0v) is 12.1. The van der Waals surface area contributed by atoms with Gasteiger partial charge in [-0.1, -0.05) is 22.9 Å². The number of aliphatic carboxylic acids is 1. The third-order valence-corrected chi connectivity index (χ3v) is 3.03. The molecule has 0 saturated heterocycles. The summed E-state index contributed by atoms with van der Waals surface area (Å²) >= 11 is 3.30. The lowest BCUT2D eigenvalue weighted by atomic mass is 10.1. The summed E-state index contributed by atoms with van der Waals surface area (Å²) in [6.45, 7) is 1.85. The Kier molecular flexibility index (Phi) is 6.35. The van der Waals surface area contributed by atoms with E-state index in [1.165, 1.54) is 0 Å². The number of carbonyl (C=O) groups is 2. The molecule has 1 atom stereocenters. The van der Waals surface area contributed by atoms with Gasteiger partial charge in [-0.15, -0.1) is 0 Å². The number of hydrogen-bond acceptors (Lipinski definition) is 3. The first-order valence-electron chi connectivity index (χ1n) is 5.87. The normalized spacial score (nSPS) is 11.7. The molecule has 1 aromatic rings. The lowest BCUT2D eigenvalue weighted by Crippen LogP contribution is -2.31. The highest BCUT2D eigenvalue weighted by molar-refractivity contribution is 9.10. The number of ether oxygens (including phenoxy) is 1. The van der Waals surface area contributed by atoms with Gasteiger partial charge in [0.15, 0.2) is 6.61 Å². The predicted molar refractivity (Wildman–Crippen MR) is 74.1 cm³/mol. The maximum absolute atomic E-state index is 11.4. The minimum atomic E-state index is -0.861. The van der Waals surface area contributed by atoms with Gasteiger partial charge in [-0.2, -0.15) is 0 Å². The number of amides is 1. The highest BCUT2D eigenvalue weighted by Gasteiger charge is 2.10. The standard InChI is InChI=1S/C13H16BrNO4/c1-9(13(17)18)6-7-15-12(16)8-19-11-4-2-10(14)3-5-11/h2-5,9H,6-8H2,1H3,(H,15,16)(H,17,18). The first-order chi connectivity index (χ1) is 8.99. The summed E-state index contributed by atoms with van der Waals surface area (Å²) in [5.74, 6) is -0.981. The zero-order chi connectivity index (χ0) is 14.3. The fourth-order valence-corrected chi connectivity index (χ4v) is 1.55. The summed E-state index contributed by atoms with van der Waals surface area (Å²) < 4.78 is 6.22. The van der Waals surface area contributed by atoms with Crippen molar-refractivity contribution in [2.24, 2.45) is 5.92 Å². The number of halogens is 1. The van der Waals surface area contributed by atoms with Crippen molar-refractivity contribution in [2.75, 3.05) is 13.2 Å². The van der Waals surface area contributed by atoms with E-state index in [1.54, 1.807) is 19.1 Å². The van der Waals surface area contributed by atoms with Crippen LogP contribution in [0.5, 0.6) is 5.75 Å². The third-order valence-electron chi connectivity index (χ3n) is 2.50. The molecular formula is C13H16BrNO4. The van der Waals surface area contributed by atoms with E-state index in [9.17, 15) is 9.59 Å². The van der Waals surface area contributed by atoms with Crippen LogP contribution in [0.25, 0.3) is 0 Å². The van der Waals surface area contributed by atoms with E-state index >= 15 is 0 Å². The highest BCUT2D eigenvalue weighted by atomic mass is 79.9. The van der Waals surface area contributed by atoms with Gasteiger partial charge in [-0.3, -0.25) is 9.59 Å². The molecule has 0 fully saturated rings. The van der Waals surface area contributed by atoms with Crippen molar-refractivity contribution in [1.29, 1.82) is 0 Å². The third kappa shape index (κ3) is 6.24. The second kappa shape index (κ2) is 7.78. The molecule has 0 aliphatic carbocycles. The second-order valence-corrected chi connectivity index (χ2v) is 5.04. The highest BCUT2D eigenvalue weighted by Crippen LogP contribution is 2.15. The Morgan fingerprint density at radius 1 is 1.37 bits per heavy atom. The fraction of sp³-hybridized carbons (Fsp3) is 0.385. The molecule has 0 radical (unpaired) electrons. The van der Waals surface area contributed by atoms with Gasteiger partial charge < -0.3 is 15.2 Å². The molecule has 1 amide bonds. The molecule has 19 heavy (non-hydrogen) atoms. The Morgan fingerprint density at radius 2 is 2.00 bits per heavy atom. The van der Waals surface area contributed by atoms with Gasteiger partial charge in [0.05, 0.1) is 5.92 Å². The number of carboxylic acid groups (broad SMARTS) is 1. The molecule has 0 aliphatic heterocycles. The molecule has 1 aromatic carbocycles. The Morgan fingerprint density at radius 3 is 2.58 bits per heavy atom. The monoisotopic (exact) mass is 329 g/mol. The van der Waals surface area contributed by atoms with Crippen LogP contribution >= 0.6 is 15.9 Å². The summed E-state index contributed by atoms with van der Waals surface area (Å²) in [5, 5.41) is 11.3. The quantitative estimate of drug-likeness (QED) is 0.802. The molecule has 6 heteroatoms. The Hall–Kier alpha value is -1.56. The Balaban J connectivity index is 2.21. The van der Waals surface area contributed by atoms with Crippen molar-refractivity contribution in [1.82, 2.24) is 5.32 Å². The fourth-order valence-electron chi connectivity index (χ4n) is 1.28. The summed E-state index contributed by atoms with van der Waals surface area (Å²) in [6, 6.07) is 7.15. The van der Waals surface area contributed by atoms with Crippen molar-refractivity contribution >= 4 is 27.8 Å². The molecule has 104 valence electrons. The van der Waals surface area contributed by atoms with Crippen molar-refractivity contribution in [3.05, 3.63) is 28.7 Å². The Bertz CT molecular complexity index is 433. The van der Waals surface area contributed by atoms with Crippen LogP contribution in [0.2, 0.25) is 0 Å². The molecule has 0 aliphatic rings. The van der Waals surface area contributed by atoms with E-state index < -0.39 is 11.9 Å². The molecule has 1 unspecified atom stereocenters. The van der Waals surface area contributed by atoms with Crippen LogP contribution < -0.4 is 10.1 Å². The van der Waals surface area contributed by atoms with Gasteiger partial charge in [0.25, 0.3) is 5.91 Å². The minimum Gasteiger partial charge on any atom is -0.484 e. The second-order valence-electron chi connectivity index (χ2n) is 4.12. The number of hydrogen-bond donors (Lipinski definition) is 2. The summed E-state index contributed by atoms with van der Waals surface area (Å²) in [4.78, 5) is 22.0. The van der Waals surface area contributed by atoms with Gasteiger partial charge >= 0.3 is 5.97 Å². The first kappa shape index (κ1) is 15.5. The number of benzene rings is 1. The number of nitrogens with one attached hydrogen (secondary N) is 1. The largest absolute Gasteiger partial charge is 0.484 e. The molecule has 0 saturated carbocycles. The van der Waals surface area contributed by atoms with Crippen LogP contribution in [0.15, 0.2) is 28.7 Å². The topological polar surface area (TPSA) is 75.6 Å². The van der Waals surface area contributed by atoms with Gasteiger partial charge in [-0.05, 0) is 30.7 Å². The zero-order valence-electron chi connectivity index (χ0n) is 10.6. The van der Waals surface area contributed by atoms with E-state index in [2.05, 4.69) is 21.2 Å². The van der Waals surface area contributed by atoms with Crippen LogP contribution in [-0.2, 0) is 9.59 Å². The van der Waals surface area contributed by atoms with E-state index in [1.807, 2.05) is 12.1 Å². The maximum atomic E-state index is 11.4. The molecule has 0 spiro atoms. The number of rotatable bonds is 7. The van der Waals surface area contributed by atoms with Crippen LogP contribution in [0.1, 0.15) is 13.3 Å². The van der Waals surface area contributed by atoms with E-state index in [-0.39, 0.29) is 12.5 Å². The van der Waals surface area contributed by atoms with Crippen molar-refractivity contribution in [3.8, 4) is 5.75 Å².